The van der Waals surface area contributed by atoms with Crippen molar-refractivity contribution in [3.05, 3.63) is 39.8 Å². The lowest BCUT2D eigenvalue weighted by molar-refractivity contribution is -0.115. The monoisotopic (exact) mass is 287 g/mol. The van der Waals surface area contributed by atoms with Crippen LogP contribution in [0.15, 0.2) is 24.3 Å². The Hall–Kier alpha value is -2.21. The third kappa shape index (κ3) is 2.08. The van der Waals surface area contributed by atoms with E-state index in [4.69, 9.17) is 0 Å². The number of hydrogen-bond donors (Lipinski definition) is 1. The fourth-order valence-corrected chi connectivity index (χ4v) is 3.14. The lowest BCUT2D eigenvalue weighted by Gasteiger charge is -2.28. The third-order valence-electron chi connectivity index (χ3n) is 3.11. The first-order chi connectivity index (χ1) is 9.56. The molecular formula is C14H13N3O2S. The predicted octanol–water partition coefficient (Wildman–Crippen LogP) is 2.36. The number of carbonyl (C=O) groups is 2. The molecule has 1 aliphatic rings. The third-order valence-corrected chi connectivity index (χ3v) is 4.17. The highest BCUT2D eigenvalue weighted by molar-refractivity contribution is 7.13. The fraction of sp³-hybridized carbons (Fsp3) is 0.214. The van der Waals surface area contributed by atoms with Gasteiger partial charge in [-0.05, 0) is 26.0 Å². The van der Waals surface area contributed by atoms with E-state index in [0.717, 1.165) is 10.7 Å². The Bertz CT molecular complexity index is 708. The Balaban J connectivity index is 2.04. The predicted molar refractivity (Wildman–Crippen MR) is 78.3 cm³/mol. The largest absolute Gasteiger partial charge is 0.323 e. The number of benzene rings is 1. The maximum atomic E-state index is 12.7. The number of nitrogens with one attached hydrogen (secondary N) is 1. The van der Waals surface area contributed by atoms with Crippen LogP contribution in [-0.2, 0) is 4.79 Å². The second-order valence-corrected chi connectivity index (χ2v) is 5.81. The van der Waals surface area contributed by atoms with Gasteiger partial charge in [-0.2, -0.15) is 0 Å². The van der Waals surface area contributed by atoms with Crippen LogP contribution >= 0.6 is 11.3 Å². The average Bonchev–Trinajstić information content (AvgIpc) is 2.76. The number of anilines is 2. The molecule has 1 N–H and O–H groups in total. The minimum atomic E-state index is -0.184. The topological polar surface area (TPSA) is 62.3 Å². The van der Waals surface area contributed by atoms with E-state index in [-0.39, 0.29) is 18.4 Å². The molecule has 1 aliphatic heterocycles. The van der Waals surface area contributed by atoms with Gasteiger partial charge >= 0.3 is 0 Å². The molecule has 6 heteroatoms. The van der Waals surface area contributed by atoms with Crippen molar-refractivity contribution >= 4 is 34.5 Å². The molecule has 20 heavy (non-hydrogen) atoms. The number of rotatable bonds is 1. The number of fused-ring (bicyclic) bond motifs is 1. The van der Waals surface area contributed by atoms with Crippen molar-refractivity contribution in [1.82, 2.24) is 4.98 Å². The second-order valence-electron chi connectivity index (χ2n) is 4.60. The van der Waals surface area contributed by atoms with Gasteiger partial charge in [-0.3, -0.25) is 14.5 Å². The number of aryl methyl sites for hydroxylation is 2. The van der Waals surface area contributed by atoms with E-state index in [1.165, 1.54) is 16.2 Å². The van der Waals surface area contributed by atoms with Gasteiger partial charge in [0.15, 0.2) is 0 Å². The van der Waals surface area contributed by atoms with Gasteiger partial charge in [0.25, 0.3) is 5.91 Å². The molecule has 0 aliphatic carbocycles. The van der Waals surface area contributed by atoms with Gasteiger partial charge in [0, 0.05) is 0 Å². The molecule has 0 fully saturated rings. The van der Waals surface area contributed by atoms with Gasteiger partial charge in [-0.1, -0.05) is 12.1 Å². The molecule has 2 aromatic rings. The fourth-order valence-electron chi connectivity index (χ4n) is 2.27. The van der Waals surface area contributed by atoms with Crippen LogP contribution in [0.2, 0.25) is 0 Å². The van der Waals surface area contributed by atoms with Gasteiger partial charge < -0.3 is 5.32 Å². The molecule has 0 bridgehead atoms. The Kier molecular flexibility index (Phi) is 3.02. The molecule has 0 saturated heterocycles. The SMILES string of the molecule is Cc1nc(C)c(C(=O)N2CC(=O)Nc3ccccc32)s1. The van der Waals surface area contributed by atoms with Gasteiger partial charge in [0.05, 0.1) is 22.1 Å². The lowest BCUT2D eigenvalue weighted by atomic mass is 10.2. The van der Waals surface area contributed by atoms with Crippen LogP contribution in [-0.4, -0.2) is 23.3 Å². The standard InChI is InChI=1S/C14H13N3O2S/c1-8-13(20-9(2)15-8)14(19)17-7-12(18)16-10-5-3-4-6-11(10)17/h3-6H,7H2,1-2H3,(H,16,18). The van der Waals surface area contributed by atoms with Gasteiger partial charge in [0.2, 0.25) is 5.91 Å². The zero-order valence-corrected chi connectivity index (χ0v) is 12.0. The average molecular weight is 287 g/mol. The minimum Gasteiger partial charge on any atom is -0.323 e. The Morgan fingerprint density at radius 3 is 2.80 bits per heavy atom. The highest BCUT2D eigenvalue weighted by Crippen LogP contribution is 2.31. The van der Waals surface area contributed by atoms with Gasteiger partial charge in [0.1, 0.15) is 11.4 Å². The first kappa shape index (κ1) is 12.8. The summed E-state index contributed by atoms with van der Waals surface area (Å²) in [5.74, 6) is -0.355. The van der Waals surface area contributed by atoms with E-state index < -0.39 is 0 Å². The summed E-state index contributed by atoms with van der Waals surface area (Å²) in [4.78, 5) is 30.8. The van der Waals surface area contributed by atoms with Gasteiger partial charge in [-0.25, -0.2) is 4.98 Å². The van der Waals surface area contributed by atoms with Crippen LogP contribution in [0.5, 0.6) is 0 Å². The summed E-state index contributed by atoms with van der Waals surface area (Å²) in [6, 6.07) is 7.30. The van der Waals surface area contributed by atoms with E-state index in [1.807, 2.05) is 32.0 Å². The maximum absolute atomic E-state index is 12.7. The summed E-state index contributed by atoms with van der Waals surface area (Å²) in [5, 5.41) is 3.62. The zero-order valence-electron chi connectivity index (χ0n) is 11.1. The van der Waals surface area contributed by atoms with Crippen molar-refractivity contribution in [2.75, 3.05) is 16.8 Å². The molecule has 0 spiro atoms. The van der Waals surface area contributed by atoms with Crippen molar-refractivity contribution in [2.24, 2.45) is 0 Å². The normalized spacial score (nSPS) is 13.9. The quantitative estimate of drug-likeness (QED) is 0.875. The van der Waals surface area contributed by atoms with Crippen molar-refractivity contribution in [3.63, 3.8) is 0 Å². The summed E-state index contributed by atoms with van der Waals surface area (Å²) in [7, 11) is 0. The highest BCUT2D eigenvalue weighted by Gasteiger charge is 2.29. The van der Waals surface area contributed by atoms with Crippen LogP contribution < -0.4 is 10.2 Å². The van der Waals surface area contributed by atoms with Crippen LogP contribution in [0, 0.1) is 13.8 Å². The molecule has 0 radical (unpaired) electrons. The smallest absolute Gasteiger partial charge is 0.270 e. The van der Waals surface area contributed by atoms with E-state index in [1.54, 1.807) is 6.07 Å². The van der Waals surface area contributed by atoms with E-state index in [9.17, 15) is 9.59 Å². The summed E-state index contributed by atoms with van der Waals surface area (Å²) in [5.41, 5.74) is 2.10. The van der Waals surface area contributed by atoms with E-state index in [2.05, 4.69) is 10.3 Å². The molecule has 0 atom stereocenters. The Morgan fingerprint density at radius 1 is 1.35 bits per heavy atom. The van der Waals surface area contributed by atoms with Crippen molar-refractivity contribution in [1.29, 1.82) is 0 Å². The number of amides is 2. The van der Waals surface area contributed by atoms with E-state index >= 15 is 0 Å². The molecule has 0 unspecified atom stereocenters. The number of carbonyl (C=O) groups excluding carboxylic acids is 2. The number of thiazole rings is 1. The van der Waals surface area contributed by atoms with Gasteiger partial charge in [-0.15, -0.1) is 11.3 Å². The first-order valence-electron chi connectivity index (χ1n) is 6.21. The second kappa shape index (κ2) is 4.72. The summed E-state index contributed by atoms with van der Waals surface area (Å²) in [6.45, 7) is 3.71. The van der Waals surface area contributed by atoms with Crippen LogP contribution in [0.4, 0.5) is 11.4 Å². The van der Waals surface area contributed by atoms with Crippen molar-refractivity contribution in [3.8, 4) is 0 Å². The number of hydrogen-bond acceptors (Lipinski definition) is 4. The molecule has 102 valence electrons. The van der Waals surface area contributed by atoms with Crippen molar-refractivity contribution < 1.29 is 9.59 Å². The molecule has 2 amide bonds. The summed E-state index contributed by atoms with van der Waals surface area (Å²) < 4.78 is 0. The summed E-state index contributed by atoms with van der Waals surface area (Å²) >= 11 is 1.36. The number of aromatic nitrogens is 1. The molecule has 1 aromatic heterocycles. The molecule has 0 saturated carbocycles. The maximum Gasteiger partial charge on any atom is 0.270 e. The number of nitrogens with zero attached hydrogens (tertiary/aromatic N) is 2. The highest BCUT2D eigenvalue weighted by atomic mass is 32.1. The van der Waals surface area contributed by atoms with E-state index in [0.29, 0.717) is 16.3 Å². The summed E-state index contributed by atoms with van der Waals surface area (Å²) in [6.07, 6.45) is 0. The first-order valence-corrected chi connectivity index (χ1v) is 7.02. The van der Waals surface area contributed by atoms with Crippen molar-refractivity contribution in [2.45, 2.75) is 13.8 Å². The molecule has 5 nitrogen and oxygen atoms in total. The molecular weight excluding hydrogens is 274 g/mol. The lowest BCUT2D eigenvalue weighted by Crippen LogP contribution is -2.42. The zero-order chi connectivity index (χ0) is 14.3. The molecule has 1 aromatic carbocycles. The Labute approximate surface area is 120 Å². The molecule has 2 heterocycles. The van der Waals surface area contributed by atoms with Crippen LogP contribution in [0.3, 0.4) is 0 Å². The minimum absolute atomic E-state index is 0.0340. The van der Waals surface area contributed by atoms with Crippen LogP contribution in [0.1, 0.15) is 20.4 Å². The van der Waals surface area contributed by atoms with Crippen LogP contribution in [0.25, 0.3) is 0 Å². The molecule has 3 rings (SSSR count). The number of para-hydroxylation sites is 2. The Morgan fingerprint density at radius 2 is 2.10 bits per heavy atom.